The van der Waals surface area contributed by atoms with Gasteiger partial charge in [-0.1, -0.05) is 61.9 Å². The molecular weight excluding hydrogens is 432 g/mol. The van der Waals surface area contributed by atoms with E-state index in [0.29, 0.717) is 25.7 Å². The first-order valence-corrected chi connectivity index (χ1v) is 11.9. The van der Waals surface area contributed by atoms with E-state index in [4.69, 9.17) is 4.74 Å². The second-order valence-corrected chi connectivity index (χ2v) is 9.59. The molecule has 0 aromatic heterocycles. The Labute approximate surface area is 200 Å². The molecule has 2 aliphatic carbocycles. The van der Waals surface area contributed by atoms with Crippen LogP contribution in [0.1, 0.15) is 63.0 Å². The molecule has 0 heterocycles. The number of carboxylic acid groups (broad SMARTS) is 1. The molecule has 34 heavy (non-hydrogen) atoms. The number of nitrogens with one attached hydrogen (secondary N) is 1. The van der Waals surface area contributed by atoms with Crippen molar-refractivity contribution in [2.24, 2.45) is 0 Å². The van der Waals surface area contributed by atoms with Crippen molar-refractivity contribution in [3.05, 3.63) is 59.7 Å². The zero-order valence-electron chi connectivity index (χ0n) is 20.0. The molecule has 1 atom stereocenters. The molecule has 0 saturated heterocycles. The van der Waals surface area contributed by atoms with Crippen LogP contribution < -0.4 is 5.32 Å². The van der Waals surface area contributed by atoms with Gasteiger partial charge in [-0.15, -0.1) is 0 Å². The van der Waals surface area contributed by atoms with Crippen molar-refractivity contribution in [3.63, 3.8) is 0 Å². The predicted molar refractivity (Wildman–Crippen MR) is 129 cm³/mol. The van der Waals surface area contributed by atoms with Gasteiger partial charge in [0.2, 0.25) is 5.91 Å². The Balaban J connectivity index is 1.48. The van der Waals surface area contributed by atoms with E-state index < -0.39 is 29.0 Å². The Morgan fingerprint density at radius 1 is 1.09 bits per heavy atom. The zero-order valence-corrected chi connectivity index (χ0v) is 20.0. The van der Waals surface area contributed by atoms with Gasteiger partial charge in [-0.25, -0.2) is 9.59 Å². The van der Waals surface area contributed by atoms with E-state index >= 15 is 0 Å². The first-order chi connectivity index (χ1) is 16.2. The molecule has 0 bridgehead atoms. The van der Waals surface area contributed by atoms with Gasteiger partial charge >= 0.3 is 12.1 Å². The van der Waals surface area contributed by atoms with Crippen molar-refractivity contribution >= 4 is 18.0 Å². The van der Waals surface area contributed by atoms with Crippen molar-refractivity contribution in [1.29, 1.82) is 0 Å². The summed E-state index contributed by atoms with van der Waals surface area (Å²) >= 11 is 0. The Morgan fingerprint density at radius 2 is 1.65 bits per heavy atom. The molecule has 7 heteroatoms. The van der Waals surface area contributed by atoms with Gasteiger partial charge in [0, 0.05) is 13.0 Å². The van der Waals surface area contributed by atoms with Crippen LogP contribution in [0.3, 0.4) is 0 Å². The molecule has 0 radical (unpaired) electrons. The SMILES string of the molecule is CCCC(C)(NC(=O)OCC1c2ccccc2-c2ccccc21)C(=O)N(C)C1(C(=O)O)CCC1. The third-order valence-corrected chi connectivity index (χ3v) is 7.47. The number of benzene rings is 2. The highest BCUT2D eigenvalue weighted by Gasteiger charge is 2.53. The number of rotatable bonds is 8. The third-order valence-electron chi connectivity index (χ3n) is 7.47. The monoisotopic (exact) mass is 464 g/mol. The topological polar surface area (TPSA) is 95.9 Å². The molecule has 0 spiro atoms. The number of carboxylic acids is 1. The summed E-state index contributed by atoms with van der Waals surface area (Å²) in [7, 11) is 1.52. The number of aliphatic carboxylic acids is 1. The molecule has 1 fully saturated rings. The highest BCUT2D eigenvalue weighted by Crippen LogP contribution is 2.44. The molecule has 4 rings (SSSR count). The maximum Gasteiger partial charge on any atom is 0.408 e. The number of nitrogens with zero attached hydrogens (tertiary/aromatic N) is 1. The summed E-state index contributed by atoms with van der Waals surface area (Å²) in [5, 5.41) is 12.5. The number of carbonyl (C=O) groups is 3. The molecule has 2 aromatic rings. The van der Waals surface area contributed by atoms with Crippen molar-refractivity contribution in [2.75, 3.05) is 13.7 Å². The van der Waals surface area contributed by atoms with Crippen LogP contribution in [0.5, 0.6) is 0 Å². The van der Waals surface area contributed by atoms with Crippen LogP contribution in [0.4, 0.5) is 4.79 Å². The van der Waals surface area contributed by atoms with Gasteiger partial charge < -0.3 is 20.1 Å². The van der Waals surface area contributed by atoms with Crippen LogP contribution >= 0.6 is 0 Å². The molecule has 1 unspecified atom stereocenters. The first-order valence-electron chi connectivity index (χ1n) is 11.9. The van der Waals surface area contributed by atoms with Crippen LogP contribution in [-0.4, -0.2) is 52.7 Å². The van der Waals surface area contributed by atoms with Crippen molar-refractivity contribution < 1.29 is 24.2 Å². The van der Waals surface area contributed by atoms with Gasteiger partial charge in [-0.05, 0) is 54.9 Å². The molecule has 2 amide bonds. The lowest BCUT2D eigenvalue weighted by molar-refractivity contribution is -0.166. The fourth-order valence-electron chi connectivity index (χ4n) is 5.35. The summed E-state index contributed by atoms with van der Waals surface area (Å²) in [4.78, 5) is 39.5. The highest BCUT2D eigenvalue weighted by molar-refractivity contribution is 5.94. The van der Waals surface area contributed by atoms with Gasteiger partial charge in [-0.2, -0.15) is 0 Å². The van der Waals surface area contributed by atoms with Crippen molar-refractivity contribution in [1.82, 2.24) is 10.2 Å². The summed E-state index contributed by atoms with van der Waals surface area (Å²) < 4.78 is 5.65. The first kappa shape index (κ1) is 23.8. The number of fused-ring (bicyclic) bond motifs is 3. The number of likely N-dealkylation sites (N-methyl/N-ethyl adjacent to an activating group) is 1. The van der Waals surface area contributed by atoms with E-state index in [0.717, 1.165) is 28.7 Å². The Morgan fingerprint density at radius 3 is 2.12 bits per heavy atom. The lowest BCUT2D eigenvalue weighted by Gasteiger charge is -2.47. The summed E-state index contributed by atoms with van der Waals surface area (Å²) in [6.45, 7) is 3.71. The second-order valence-electron chi connectivity index (χ2n) is 9.59. The molecule has 1 saturated carbocycles. The molecule has 2 N–H and O–H groups in total. The number of amides is 2. The van der Waals surface area contributed by atoms with Crippen LogP contribution in [0.15, 0.2) is 48.5 Å². The minimum Gasteiger partial charge on any atom is -0.479 e. The van der Waals surface area contributed by atoms with E-state index in [1.807, 2.05) is 43.3 Å². The maximum atomic E-state index is 13.4. The number of hydrogen-bond donors (Lipinski definition) is 2. The smallest absolute Gasteiger partial charge is 0.408 e. The van der Waals surface area contributed by atoms with Gasteiger partial charge in [0.05, 0.1) is 0 Å². The van der Waals surface area contributed by atoms with Crippen LogP contribution in [0.25, 0.3) is 11.1 Å². The molecule has 2 aliphatic rings. The zero-order chi connectivity index (χ0) is 24.5. The molecular formula is C27H32N2O5. The molecule has 180 valence electrons. The number of alkyl carbamates (subject to hydrolysis) is 1. The number of ether oxygens (including phenoxy) is 1. The quantitative estimate of drug-likeness (QED) is 0.598. The van der Waals surface area contributed by atoms with Gasteiger partial charge in [0.1, 0.15) is 17.7 Å². The Hall–Kier alpha value is -3.35. The average Bonchev–Trinajstić information content (AvgIpc) is 3.10. The second kappa shape index (κ2) is 9.12. The largest absolute Gasteiger partial charge is 0.479 e. The predicted octanol–water partition coefficient (Wildman–Crippen LogP) is 4.55. The fraction of sp³-hybridized carbons (Fsp3) is 0.444. The number of carbonyl (C=O) groups excluding carboxylic acids is 2. The van der Waals surface area contributed by atoms with Gasteiger partial charge in [0.25, 0.3) is 0 Å². The normalized spacial score (nSPS) is 17.5. The minimum atomic E-state index is -1.26. The maximum absolute atomic E-state index is 13.4. The van der Waals surface area contributed by atoms with E-state index in [1.165, 1.54) is 11.9 Å². The fourth-order valence-corrected chi connectivity index (χ4v) is 5.35. The molecule has 7 nitrogen and oxygen atoms in total. The van der Waals surface area contributed by atoms with Crippen LogP contribution in [0, 0.1) is 0 Å². The van der Waals surface area contributed by atoms with Crippen LogP contribution in [-0.2, 0) is 14.3 Å². The summed E-state index contributed by atoms with van der Waals surface area (Å²) in [5.41, 5.74) is 2.03. The standard InChI is InChI=1S/C27H32N2O5/c1-4-14-26(2,23(30)29(3)27(24(31)32)15-9-16-27)28-25(33)34-17-22-20-12-7-5-10-18(20)19-11-6-8-13-21(19)22/h5-8,10-13,22H,4,9,14-17H2,1-3H3,(H,28,33)(H,31,32). The summed E-state index contributed by atoms with van der Waals surface area (Å²) in [5.74, 6) is -1.50. The van der Waals surface area contributed by atoms with Crippen LogP contribution in [0.2, 0.25) is 0 Å². The summed E-state index contributed by atoms with van der Waals surface area (Å²) in [6, 6.07) is 16.2. The van der Waals surface area contributed by atoms with Crippen molar-refractivity contribution in [3.8, 4) is 11.1 Å². The minimum absolute atomic E-state index is 0.0841. The molecule has 0 aliphatic heterocycles. The van der Waals surface area contributed by atoms with Crippen molar-refractivity contribution in [2.45, 2.75) is 62.9 Å². The molecule has 2 aromatic carbocycles. The van der Waals surface area contributed by atoms with E-state index in [9.17, 15) is 19.5 Å². The Bertz CT molecular complexity index is 1060. The Kier molecular flexibility index (Phi) is 6.39. The number of hydrogen-bond acceptors (Lipinski definition) is 4. The average molecular weight is 465 g/mol. The highest BCUT2D eigenvalue weighted by atomic mass is 16.5. The van der Waals surface area contributed by atoms with E-state index in [1.54, 1.807) is 6.92 Å². The van der Waals surface area contributed by atoms with Gasteiger partial charge in [0.15, 0.2) is 0 Å². The van der Waals surface area contributed by atoms with E-state index in [2.05, 4.69) is 17.4 Å². The summed E-state index contributed by atoms with van der Waals surface area (Å²) in [6.07, 6.45) is 1.91. The van der Waals surface area contributed by atoms with E-state index in [-0.39, 0.29) is 12.5 Å². The lowest BCUT2D eigenvalue weighted by atomic mass is 9.74. The third kappa shape index (κ3) is 3.93. The lowest BCUT2D eigenvalue weighted by Crippen LogP contribution is -2.66. The van der Waals surface area contributed by atoms with Gasteiger partial charge in [-0.3, -0.25) is 4.79 Å².